The Kier molecular flexibility index (Phi) is 2.72. The molecule has 1 aliphatic heterocycles. The first-order valence-corrected chi connectivity index (χ1v) is 5.95. The van der Waals surface area contributed by atoms with Crippen LogP contribution < -0.4 is 4.74 Å². The maximum absolute atomic E-state index is 13.3. The van der Waals surface area contributed by atoms with E-state index >= 15 is 0 Å². The highest BCUT2D eigenvalue weighted by Gasteiger charge is 2.46. The van der Waals surface area contributed by atoms with Gasteiger partial charge in [0.25, 0.3) is 5.79 Å². The van der Waals surface area contributed by atoms with Gasteiger partial charge in [-0.05, 0) is 30.3 Å². The molecule has 0 amide bonds. The van der Waals surface area contributed by atoms with E-state index in [1.165, 1.54) is 37.4 Å². The van der Waals surface area contributed by atoms with Crippen LogP contribution in [0.2, 0.25) is 0 Å². The third-order valence-electron chi connectivity index (χ3n) is 3.27. The summed E-state index contributed by atoms with van der Waals surface area (Å²) in [5.41, 5.74) is 0.628. The minimum absolute atomic E-state index is 0.151. The lowest BCUT2D eigenvalue weighted by Crippen LogP contribution is -2.27. The molecular formula is C15H11FO4. The molecule has 0 bridgehead atoms. The Bertz CT molecular complexity index is 698. The number of cyclic esters (lactones) is 1. The van der Waals surface area contributed by atoms with Gasteiger partial charge in [0.15, 0.2) is 0 Å². The number of carbonyl (C=O) groups is 1. The van der Waals surface area contributed by atoms with Crippen molar-refractivity contribution in [2.45, 2.75) is 5.79 Å². The minimum atomic E-state index is -2.00. The highest BCUT2D eigenvalue weighted by atomic mass is 19.1. The number of hydrogen-bond donors (Lipinski definition) is 1. The number of fused-ring (bicyclic) bond motifs is 1. The molecule has 2 aromatic rings. The fraction of sp³-hybridized carbons (Fsp3) is 0.133. The number of benzene rings is 2. The first kappa shape index (κ1) is 12.6. The van der Waals surface area contributed by atoms with Crippen LogP contribution in [0.15, 0.2) is 42.5 Å². The van der Waals surface area contributed by atoms with Gasteiger partial charge in [0.2, 0.25) is 0 Å². The summed E-state index contributed by atoms with van der Waals surface area (Å²) < 4.78 is 23.5. The predicted molar refractivity (Wildman–Crippen MR) is 67.8 cm³/mol. The van der Waals surface area contributed by atoms with E-state index in [0.717, 1.165) is 6.07 Å². The molecule has 0 radical (unpaired) electrons. The molecule has 4 nitrogen and oxygen atoms in total. The molecule has 0 aromatic heterocycles. The lowest BCUT2D eigenvalue weighted by molar-refractivity contribution is -0.129. The Balaban J connectivity index is 2.20. The predicted octanol–water partition coefficient (Wildman–Crippen LogP) is 2.20. The van der Waals surface area contributed by atoms with Crippen molar-refractivity contribution in [3.05, 3.63) is 65.0 Å². The smallest absolute Gasteiger partial charge is 0.341 e. The van der Waals surface area contributed by atoms with Gasteiger partial charge in [0.1, 0.15) is 11.6 Å². The average Bonchev–Trinajstić information content (AvgIpc) is 2.71. The molecule has 1 N–H and O–H groups in total. The fourth-order valence-corrected chi connectivity index (χ4v) is 2.27. The number of aliphatic hydroxyl groups is 1. The van der Waals surface area contributed by atoms with Gasteiger partial charge in [-0.25, -0.2) is 9.18 Å². The van der Waals surface area contributed by atoms with E-state index in [-0.39, 0.29) is 16.7 Å². The van der Waals surface area contributed by atoms with Crippen LogP contribution in [0.4, 0.5) is 4.39 Å². The second kappa shape index (κ2) is 4.31. The van der Waals surface area contributed by atoms with Crippen molar-refractivity contribution in [1.29, 1.82) is 0 Å². The van der Waals surface area contributed by atoms with Gasteiger partial charge in [-0.2, -0.15) is 0 Å². The van der Waals surface area contributed by atoms with Gasteiger partial charge in [0.05, 0.1) is 12.7 Å². The average molecular weight is 274 g/mol. The van der Waals surface area contributed by atoms with Crippen LogP contribution in [-0.4, -0.2) is 18.2 Å². The van der Waals surface area contributed by atoms with Gasteiger partial charge in [0, 0.05) is 11.1 Å². The van der Waals surface area contributed by atoms with Crippen LogP contribution >= 0.6 is 0 Å². The van der Waals surface area contributed by atoms with Crippen LogP contribution in [0.25, 0.3) is 0 Å². The Hall–Kier alpha value is -2.40. The lowest BCUT2D eigenvalue weighted by Gasteiger charge is -2.22. The number of carbonyl (C=O) groups excluding carboxylic acids is 1. The van der Waals surface area contributed by atoms with E-state index in [4.69, 9.17) is 9.47 Å². The number of ether oxygens (including phenoxy) is 2. The monoisotopic (exact) mass is 274 g/mol. The number of rotatable bonds is 2. The first-order chi connectivity index (χ1) is 9.54. The van der Waals surface area contributed by atoms with Crippen LogP contribution in [0.3, 0.4) is 0 Å². The van der Waals surface area contributed by atoms with Crippen LogP contribution in [0.1, 0.15) is 21.5 Å². The van der Waals surface area contributed by atoms with Gasteiger partial charge in [-0.15, -0.1) is 0 Å². The van der Waals surface area contributed by atoms with Crippen molar-refractivity contribution in [2.75, 3.05) is 7.11 Å². The number of methoxy groups -OCH3 is 1. The third kappa shape index (κ3) is 1.75. The SMILES string of the molecule is COc1ccc2c(c1)C(O)(c1cccc(F)c1)OC2=O. The minimum Gasteiger partial charge on any atom is -0.497 e. The molecule has 20 heavy (non-hydrogen) atoms. The maximum Gasteiger partial charge on any atom is 0.341 e. The van der Waals surface area contributed by atoms with Crippen LogP contribution in [-0.2, 0) is 10.5 Å². The largest absolute Gasteiger partial charge is 0.497 e. The molecule has 0 fully saturated rings. The Morgan fingerprint density at radius 3 is 2.75 bits per heavy atom. The fourth-order valence-electron chi connectivity index (χ4n) is 2.27. The van der Waals surface area contributed by atoms with Crippen molar-refractivity contribution in [3.63, 3.8) is 0 Å². The van der Waals surface area contributed by atoms with Crippen LogP contribution in [0.5, 0.6) is 5.75 Å². The van der Waals surface area contributed by atoms with Gasteiger partial charge >= 0.3 is 5.97 Å². The second-order valence-electron chi connectivity index (χ2n) is 4.46. The van der Waals surface area contributed by atoms with Crippen molar-refractivity contribution in [1.82, 2.24) is 0 Å². The summed E-state index contributed by atoms with van der Waals surface area (Å²) in [6.07, 6.45) is 0. The van der Waals surface area contributed by atoms with E-state index < -0.39 is 17.6 Å². The topological polar surface area (TPSA) is 55.8 Å². The second-order valence-corrected chi connectivity index (χ2v) is 4.46. The van der Waals surface area contributed by atoms with Gasteiger partial charge in [-0.1, -0.05) is 12.1 Å². The summed E-state index contributed by atoms with van der Waals surface area (Å²) in [5, 5.41) is 10.7. The maximum atomic E-state index is 13.3. The molecule has 3 rings (SSSR count). The van der Waals surface area contributed by atoms with E-state index in [2.05, 4.69) is 0 Å². The van der Waals surface area contributed by atoms with Crippen molar-refractivity contribution < 1.29 is 23.8 Å². The molecule has 1 aliphatic rings. The molecule has 0 saturated heterocycles. The number of esters is 1. The van der Waals surface area contributed by atoms with Gasteiger partial charge < -0.3 is 14.6 Å². The Morgan fingerprint density at radius 2 is 2.05 bits per heavy atom. The lowest BCUT2D eigenvalue weighted by atomic mass is 9.95. The summed E-state index contributed by atoms with van der Waals surface area (Å²) in [6, 6.07) is 9.91. The number of halogens is 1. The van der Waals surface area contributed by atoms with E-state index in [1.807, 2.05) is 0 Å². The van der Waals surface area contributed by atoms with E-state index in [9.17, 15) is 14.3 Å². The molecular weight excluding hydrogens is 263 g/mol. The van der Waals surface area contributed by atoms with Crippen molar-refractivity contribution in [2.24, 2.45) is 0 Å². The van der Waals surface area contributed by atoms with Crippen molar-refractivity contribution >= 4 is 5.97 Å². The highest BCUT2D eigenvalue weighted by Crippen LogP contribution is 2.41. The van der Waals surface area contributed by atoms with E-state index in [1.54, 1.807) is 6.07 Å². The zero-order valence-corrected chi connectivity index (χ0v) is 10.6. The molecule has 1 heterocycles. The van der Waals surface area contributed by atoms with E-state index in [0.29, 0.717) is 5.75 Å². The summed E-state index contributed by atoms with van der Waals surface area (Å²) in [6.45, 7) is 0. The zero-order valence-electron chi connectivity index (χ0n) is 10.6. The Labute approximate surface area is 114 Å². The van der Waals surface area contributed by atoms with Crippen LogP contribution in [0, 0.1) is 5.82 Å². The molecule has 1 unspecified atom stereocenters. The van der Waals surface area contributed by atoms with Gasteiger partial charge in [-0.3, -0.25) is 0 Å². The summed E-state index contributed by atoms with van der Waals surface area (Å²) in [7, 11) is 1.47. The molecule has 102 valence electrons. The number of hydrogen-bond acceptors (Lipinski definition) is 4. The third-order valence-corrected chi connectivity index (χ3v) is 3.27. The molecule has 2 aromatic carbocycles. The normalized spacial score (nSPS) is 20.4. The molecule has 0 aliphatic carbocycles. The molecule has 5 heteroatoms. The van der Waals surface area contributed by atoms with Crippen molar-refractivity contribution in [3.8, 4) is 5.75 Å². The molecule has 0 saturated carbocycles. The first-order valence-electron chi connectivity index (χ1n) is 5.95. The standard InChI is InChI=1S/C15H11FO4/c1-19-11-5-6-12-13(8-11)15(18,20-14(12)17)9-3-2-4-10(16)7-9/h2-8,18H,1H3. The highest BCUT2D eigenvalue weighted by molar-refractivity contribution is 5.95. The quantitative estimate of drug-likeness (QED) is 0.853. The summed E-state index contributed by atoms with van der Waals surface area (Å²) >= 11 is 0. The zero-order chi connectivity index (χ0) is 14.3. The summed E-state index contributed by atoms with van der Waals surface area (Å²) in [4.78, 5) is 11.8. The Morgan fingerprint density at radius 1 is 1.25 bits per heavy atom. The molecule has 0 spiro atoms. The molecule has 1 atom stereocenters. The summed E-state index contributed by atoms with van der Waals surface area (Å²) in [5.74, 6) is -2.71.